The van der Waals surface area contributed by atoms with Gasteiger partial charge in [0.15, 0.2) is 28.7 Å². The SMILES string of the molecule is Cc1ccc2oc(=O)c(/C=C(\O)c3oc(C)nc3C)nc2c1. The molecule has 0 aliphatic carbocycles. The highest BCUT2D eigenvalue weighted by Crippen LogP contribution is 2.20. The number of oxazole rings is 1. The molecule has 0 amide bonds. The molecule has 0 fully saturated rings. The molecular formula is C16H14N2O4. The van der Waals surface area contributed by atoms with Gasteiger partial charge in [-0.1, -0.05) is 6.07 Å². The van der Waals surface area contributed by atoms with Crippen molar-refractivity contribution in [3.63, 3.8) is 0 Å². The zero-order chi connectivity index (χ0) is 15.9. The maximum atomic E-state index is 11.9. The molecule has 2 aromatic heterocycles. The van der Waals surface area contributed by atoms with E-state index in [0.717, 1.165) is 5.56 Å². The van der Waals surface area contributed by atoms with E-state index in [1.54, 1.807) is 26.0 Å². The second kappa shape index (κ2) is 5.14. The van der Waals surface area contributed by atoms with Crippen LogP contribution in [0.2, 0.25) is 0 Å². The van der Waals surface area contributed by atoms with Crippen molar-refractivity contribution in [2.75, 3.05) is 0 Å². The number of rotatable bonds is 2. The van der Waals surface area contributed by atoms with E-state index in [2.05, 4.69) is 9.97 Å². The molecule has 0 saturated carbocycles. The molecule has 6 nitrogen and oxygen atoms in total. The summed E-state index contributed by atoms with van der Waals surface area (Å²) in [6.45, 7) is 5.30. The first-order chi connectivity index (χ1) is 10.4. The number of aliphatic hydroxyl groups excluding tert-OH is 1. The summed E-state index contributed by atoms with van der Waals surface area (Å²) in [4.78, 5) is 20.2. The van der Waals surface area contributed by atoms with Gasteiger partial charge in [-0.2, -0.15) is 0 Å². The topological polar surface area (TPSA) is 89.4 Å². The van der Waals surface area contributed by atoms with E-state index >= 15 is 0 Å². The molecule has 1 N–H and O–H groups in total. The smallest absolute Gasteiger partial charge is 0.362 e. The molecule has 0 aliphatic rings. The van der Waals surface area contributed by atoms with Gasteiger partial charge in [0.05, 0.1) is 5.69 Å². The molecule has 6 heteroatoms. The van der Waals surface area contributed by atoms with Gasteiger partial charge in [-0.05, 0) is 31.5 Å². The number of hydrogen-bond donors (Lipinski definition) is 1. The van der Waals surface area contributed by atoms with E-state index in [4.69, 9.17) is 8.83 Å². The number of aryl methyl sites for hydroxylation is 3. The monoisotopic (exact) mass is 298 g/mol. The lowest BCUT2D eigenvalue weighted by Crippen LogP contribution is -2.06. The zero-order valence-electron chi connectivity index (χ0n) is 12.4. The molecule has 0 atom stereocenters. The Kier molecular flexibility index (Phi) is 3.29. The molecule has 3 rings (SSSR count). The van der Waals surface area contributed by atoms with Crippen LogP contribution < -0.4 is 5.63 Å². The van der Waals surface area contributed by atoms with Crippen LogP contribution in [0.5, 0.6) is 0 Å². The molecule has 0 bridgehead atoms. The Balaban J connectivity index is 2.13. The van der Waals surface area contributed by atoms with Crippen molar-refractivity contribution in [2.24, 2.45) is 0 Å². The van der Waals surface area contributed by atoms with Crippen LogP contribution in [-0.4, -0.2) is 15.1 Å². The van der Waals surface area contributed by atoms with E-state index in [9.17, 15) is 9.90 Å². The third kappa shape index (κ3) is 2.50. The Bertz CT molecular complexity index is 950. The van der Waals surface area contributed by atoms with Gasteiger partial charge in [0, 0.05) is 13.0 Å². The third-order valence-corrected chi connectivity index (χ3v) is 3.18. The molecule has 0 aliphatic heterocycles. The van der Waals surface area contributed by atoms with Crippen LogP contribution >= 0.6 is 0 Å². The van der Waals surface area contributed by atoms with Gasteiger partial charge in [-0.3, -0.25) is 0 Å². The van der Waals surface area contributed by atoms with Crippen LogP contribution in [-0.2, 0) is 0 Å². The minimum absolute atomic E-state index is 0.00375. The van der Waals surface area contributed by atoms with Crippen LogP contribution in [0.15, 0.2) is 31.8 Å². The van der Waals surface area contributed by atoms with Crippen LogP contribution in [0.3, 0.4) is 0 Å². The van der Waals surface area contributed by atoms with Crippen molar-refractivity contribution in [1.82, 2.24) is 9.97 Å². The molecule has 3 aromatic rings. The second-order valence-corrected chi connectivity index (χ2v) is 5.03. The van der Waals surface area contributed by atoms with Crippen molar-refractivity contribution >= 4 is 22.9 Å². The molecule has 0 radical (unpaired) electrons. The second-order valence-electron chi connectivity index (χ2n) is 5.03. The van der Waals surface area contributed by atoms with Gasteiger partial charge in [-0.15, -0.1) is 0 Å². The van der Waals surface area contributed by atoms with Crippen LogP contribution in [0, 0.1) is 20.8 Å². The minimum atomic E-state index is -0.628. The fourth-order valence-electron chi connectivity index (χ4n) is 2.18. The van der Waals surface area contributed by atoms with Gasteiger partial charge in [-0.25, -0.2) is 14.8 Å². The van der Waals surface area contributed by atoms with Gasteiger partial charge in [0.2, 0.25) is 0 Å². The van der Waals surface area contributed by atoms with E-state index in [0.29, 0.717) is 22.7 Å². The predicted octanol–water partition coefficient (Wildman–Crippen LogP) is 3.16. The van der Waals surface area contributed by atoms with Gasteiger partial charge in [0.1, 0.15) is 5.52 Å². The molecule has 2 heterocycles. The Labute approximate surface area is 125 Å². The highest BCUT2D eigenvalue weighted by Gasteiger charge is 2.13. The summed E-state index contributed by atoms with van der Waals surface area (Å²) < 4.78 is 10.5. The normalized spacial score (nSPS) is 12.0. The molecule has 0 saturated heterocycles. The van der Waals surface area contributed by atoms with Gasteiger partial charge in [0.25, 0.3) is 0 Å². The molecule has 22 heavy (non-hydrogen) atoms. The summed E-state index contributed by atoms with van der Waals surface area (Å²) in [5.41, 5.74) is 1.85. The van der Waals surface area contributed by atoms with Gasteiger partial charge >= 0.3 is 5.63 Å². The summed E-state index contributed by atoms with van der Waals surface area (Å²) >= 11 is 0. The van der Waals surface area contributed by atoms with Crippen molar-refractivity contribution in [2.45, 2.75) is 20.8 Å². The number of aliphatic hydroxyl groups is 1. The number of benzene rings is 1. The van der Waals surface area contributed by atoms with Crippen LogP contribution in [0.4, 0.5) is 0 Å². The Morgan fingerprint density at radius 2 is 1.95 bits per heavy atom. The first-order valence-electron chi connectivity index (χ1n) is 6.70. The van der Waals surface area contributed by atoms with E-state index < -0.39 is 5.63 Å². The summed E-state index contributed by atoms with van der Waals surface area (Å²) in [7, 11) is 0. The molecule has 112 valence electrons. The highest BCUT2D eigenvalue weighted by atomic mass is 16.4. The fraction of sp³-hybridized carbons (Fsp3) is 0.188. The van der Waals surface area contributed by atoms with Crippen molar-refractivity contribution in [3.8, 4) is 0 Å². The summed E-state index contributed by atoms with van der Waals surface area (Å²) in [6.07, 6.45) is 1.22. The standard InChI is InChI=1S/C16H14N2O4/c1-8-4-5-14-11(6-8)18-12(16(20)22-14)7-13(19)15-9(2)17-10(3)21-15/h4-7,19H,1-3H3/b13-7-. The Morgan fingerprint density at radius 3 is 2.64 bits per heavy atom. The highest BCUT2D eigenvalue weighted by molar-refractivity contribution is 5.77. The van der Waals surface area contributed by atoms with Crippen molar-refractivity contribution in [1.29, 1.82) is 0 Å². The maximum Gasteiger partial charge on any atom is 0.362 e. The lowest BCUT2D eigenvalue weighted by Gasteiger charge is -2.00. The first-order valence-corrected chi connectivity index (χ1v) is 6.70. The van der Waals surface area contributed by atoms with Crippen molar-refractivity contribution in [3.05, 3.63) is 57.2 Å². The average molecular weight is 298 g/mol. The largest absolute Gasteiger partial charge is 0.504 e. The predicted molar refractivity (Wildman–Crippen MR) is 81.5 cm³/mol. The molecular weight excluding hydrogens is 284 g/mol. The lowest BCUT2D eigenvalue weighted by molar-refractivity contribution is 0.446. The Morgan fingerprint density at radius 1 is 1.18 bits per heavy atom. The van der Waals surface area contributed by atoms with E-state index in [-0.39, 0.29) is 17.2 Å². The van der Waals surface area contributed by atoms with E-state index in [1.807, 2.05) is 13.0 Å². The summed E-state index contributed by atoms with van der Waals surface area (Å²) in [5.74, 6) is 0.425. The number of hydrogen-bond acceptors (Lipinski definition) is 6. The number of aromatic nitrogens is 2. The summed E-state index contributed by atoms with van der Waals surface area (Å²) in [6, 6.07) is 5.33. The number of nitrogens with zero attached hydrogens (tertiary/aromatic N) is 2. The third-order valence-electron chi connectivity index (χ3n) is 3.18. The van der Waals surface area contributed by atoms with E-state index in [1.165, 1.54) is 6.08 Å². The lowest BCUT2D eigenvalue weighted by atomic mass is 10.2. The Hall–Kier alpha value is -2.89. The molecule has 1 aromatic carbocycles. The minimum Gasteiger partial charge on any atom is -0.504 e. The summed E-state index contributed by atoms with van der Waals surface area (Å²) in [5, 5.41) is 10.1. The average Bonchev–Trinajstić information content (AvgIpc) is 2.79. The van der Waals surface area contributed by atoms with Gasteiger partial charge < -0.3 is 13.9 Å². The van der Waals surface area contributed by atoms with Crippen molar-refractivity contribution < 1.29 is 13.9 Å². The first kappa shape index (κ1) is 14.1. The quantitative estimate of drug-likeness (QED) is 0.731. The van der Waals surface area contributed by atoms with Crippen LogP contribution in [0.1, 0.15) is 28.6 Å². The number of fused-ring (bicyclic) bond motifs is 1. The fourth-order valence-corrected chi connectivity index (χ4v) is 2.18. The molecule has 0 spiro atoms. The molecule has 0 unspecified atom stereocenters. The zero-order valence-corrected chi connectivity index (χ0v) is 12.4. The van der Waals surface area contributed by atoms with Crippen LogP contribution in [0.25, 0.3) is 22.9 Å². The maximum absolute atomic E-state index is 11.9.